The Kier molecular flexibility index (Phi) is 5.79. The van der Waals surface area contributed by atoms with Gasteiger partial charge in [0.15, 0.2) is 5.66 Å². The molecule has 1 aliphatic heterocycles. The van der Waals surface area contributed by atoms with Crippen molar-refractivity contribution in [3.63, 3.8) is 0 Å². The van der Waals surface area contributed by atoms with Gasteiger partial charge in [0.05, 0.1) is 19.3 Å². The summed E-state index contributed by atoms with van der Waals surface area (Å²) in [6.45, 7) is 10.9. The van der Waals surface area contributed by atoms with Gasteiger partial charge in [0, 0.05) is 13.8 Å². The molecular weight excluding hydrogens is 283 g/mol. The summed E-state index contributed by atoms with van der Waals surface area (Å²) in [5.41, 5.74) is -1.05. The molecule has 0 aromatic heterocycles. The monoisotopic (exact) mass is 308 g/mol. The first-order chi connectivity index (χ1) is 9.17. The van der Waals surface area contributed by atoms with Crippen LogP contribution in [0, 0.1) is 5.92 Å². The molecule has 2 atom stereocenters. The maximum absolute atomic E-state index is 12.9. The molecular formula is C13H25O6P. The number of hydrogen-bond donors (Lipinski definition) is 0. The van der Waals surface area contributed by atoms with Gasteiger partial charge in [0.2, 0.25) is 5.79 Å². The summed E-state index contributed by atoms with van der Waals surface area (Å²) in [5.74, 6) is -1.65. The number of hydrogen-bond acceptors (Lipinski definition) is 6. The average molecular weight is 308 g/mol. The van der Waals surface area contributed by atoms with Gasteiger partial charge in [0.1, 0.15) is 0 Å². The molecule has 0 N–H and O–H groups in total. The summed E-state index contributed by atoms with van der Waals surface area (Å²) in [5, 5.41) is 0. The Morgan fingerprint density at radius 1 is 1.25 bits per heavy atom. The van der Waals surface area contributed by atoms with Gasteiger partial charge in [-0.05, 0) is 19.8 Å². The third kappa shape index (κ3) is 3.82. The lowest BCUT2D eigenvalue weighted by Crippen LogP contribution is -2.53. The van der Waals surface area contributed by atoms with Crippen LogP contribution < -0.4 is 0 Å². The van der Waals surface area contributed by atoms with Gasteiger partial charge < -0.3 is 18.5 Å². The van der Waals surface area contributed by atoms with E-state index in [2.05, 4.69) is 0 Å². The minimum absolute atomic E-state index is 0.0265. The van der Waals surface area contributed by atoms with Gasteiger partial charge in [-0.3, -0.25) is 9.36 Å². The number of ether oxygens (including phenoxy) is 2. The van der Waals surface area contributed by atoms with Crippen molar-refractivity contribution in [3.8, 4) is 0 Å². The lowest BCUT2D eigenvalue weighted by Gasteiger charge is -2.42. The Balaban J connectivity index is 3.15. The van der Waals surface area contributed by atoms with E-state index in [1.54, 1.807) is 27.7 Å². The molecule has 0 amide bonds. The Hall–Kier alpha value is -0.420. The number of esters is 1. The number of carbonyl (C=O) groups is 1. The first-order valence-electron chi connectivity index (χ1n) is 6.96. The van der Waals surface area contributed by atoms with Crippen molar-refractivity contribution < 1.29 is 27.9 Å². The van der Waals surface area contributed by atoms with Crippen LogP contribution >= 0.6 is 7.60 Å². The van der Waals surface area contributed by atoms with Crippen LogP contribution in [0.4, 0.5) is 0 Å². The molecule has 6 nitrogen and oxygen atoms in total. The standard InChI is InChI=1S/C13H25O6P/c1-7-16-20(15,17-8-2)11-10(9(3)4)18-13(5,6)19-12(11)14/h9-11H,7-8H2,1-6H3/t10-,11-/m1/s1. The number of rotatable bonds is 6. The van der Waals surface area contributed by atoms with E-state index in [9.17, 15) is 9.36 Å². The molecule has 0 bridgehead atoms. The molecule has 1 aliphatic rings. The SMILES string of the molecule is CCOP(=O)(OCC)[C@H]1C(=O)OC(C)(C)O[C@@H]1C(C)C. The molecule has 0 aromatic carbocycles. The second-order valence-electron chi connectivity index (χ2n) is 5.47. The topological polar surface area (TPSA) is 71.1 Å². The summed E-state index contributed by atoms with van der Waals surface area (Å²) < 4.78 is 34.4. The maximum Gasteiger partial charge on any atom is 0.347 e. The average Bonchev–Trinajstić information content (AvgIpc) is 2.26. The zero-order valence-electron chi connectivity index (χ0n) is 13.0. The van der Waals surface area contributed by atoms with Crippen molar-refractivity contribution >= 4 is 13.6 Å². The molecule has 1 rings (SSSR count). The Morgan fingerprint density at radius 2 is 1.75 bits per heavy atom. The highest BCUT2D eigenvalue weighted by atomic mass is 31.2. The fourth-order valence-electron chi connectivity index (χ4n) is 2.22. The first kappa shape index (κ1) is 17.6. The van der Waals surface area contributed by atoms with Crippen molar-refractivity contribution in [1.29, 1.82) is 0 Å². The smallest absolute Gasteiger partial charge is 0.347 e. The third-order valence-electron chi connectivity index (χ3n) is 2.93. The first-order valence-corrected chi connectivity index (χ1v) is 8.57. The zero-order valence-corrected chi connectivity index (χ0v) is 13.9. The van der Waals surface area contributed by atoms with Crippen LogP contribution in [0.25, 0.3) is 0 Å². The van der Waals surface area contributed by atoms with E-state index in [-0.39, 0.29) is 19.1 Å². The minimum Gasteiger partial charge on any atom is -0.433 e. The van der Waals surface area contributed by atoms with Crippen molar-refractivity contribution in [3.05, 3.63) is 0 Å². The van der Waals surface area contributed by atoms with Crippen LogP contribution in [0.15, 0.2) is 0 Å². The molecule has 7 heteroatoms. The molecule has 1 heterocycles. The highest BCUT2D eigenvalue weighted by Gasteiger charge is 2.55. The second-order valence-corrected chi connectivity index (χ2v) is 7.62. The van der Waals surface area contributed by atoms with Crippen LogP contribution in [0.3, 0.4) is 0 Å². The predicted octanol–water partition coefficient (Wildman–Crippen LogP) is 2.96. The van der Waals surface area contributed by atoms with E-state index in [4.69, 9.17) is 18.5 Å². The highest BCUT2D eigenvalue weighted by Crippen LogP contribution is 2.57. The maximum atomic E-state index is 12.9. The Labute approximate surface area is 120 Å². The van der Waals surface area contributed by atoms with E-state index in [0.29, 0.717) is 0 Å². The largest absolute Gasteiger partial charge is 0.433 e. The molecule has 118 valence electrons. The van der Waals surface area contributed by atoms with Gasteiger partial charge >= 0.3 is 13.6 Å². The third-order valence-corrected chi connectivity index (χ3v) is 5.36. The molecule has 1 saturated heterocycles. The zero-order chi connectivity index (χ0) is 15.6. The van der Waals surface area contributed by atoms with Crippen LogP contribution in [0.5, 0.6) is 0 Å². The summed E-state index contributed by atoms with van der Waals surface area (Å²) in [6.07, 6.45) is -0.574. The molecule has 0 aromatic rings. The Morgan fingerprint density at radius 3 is 2.15 bits per heavy atom. The quantitative estimate of drug-likeness (QED) is 0.555. The highest BCUT2D eigenvalue weighted by molar-refractivity contribution is 7.55. The lowest BCUT2D eigenvalue weighted by atomic mass is 10.0. The van der Waals surface area contributed by atoms with Gasteiger partial charge in [-0.25, -0.2) is 0 Å². The second kappa shape index (κ2) is 6.56. The van der Waals surface area contributed by atoms with E-state index >= 15 is 0 Å². The molecule has 20 heavy (non-hydrogen) atoms. The summed E-state index contributed by atoms with van der Waals surface area (Å²) in [7, 11) is -3.62. The normalized spacial score (nSPS) is 26.6. The van der Waals surface area contributed by atoms with Crippen LogP contribution in [0.2, 0.25) is 0 Å². The van der Waals surface area contributed by atoms with Crippen LogP contribution in [0.1, 0.15) is 41.5 Å². The summed E-state index contributed by atoms with van der Waals surface area (Å²) in [4.78, 5) is 12.3. The molecule has 0 radical (unpaired) electrons. The fraction of sp³-hybridized carbons (Fsp3) is 0.923. The van der Waals surface area contributed by atoms with Crippen molar-refractivity contribution in [2.75, 3.05) is 13.2 Å². The molecule has 0 unspecified atom stereocenters. The summed E-state index contributed by atoms with van der Waals surface area (Å²) in [6, 6.07) is 0. The minimum atomic E-state index is -3.62. The lowest BCUT2D eigenvalue weighted by molar-refractivity contribution is -0.263. The van der Waals surface area contributed by atoms with E-state index in [1.807, 2.05) is 13.8 Å². The molecule has 0 saturated carbocycles. The van der Waals surface area contributed by atoms with Crippen molar-refractivity contribution in [2.45, 2.75) is 59.1 Å². The predicted molar refractivity (Wildman–Crippen MR) is 74.5 cm³/mol. The van der Waals surface area contributed by atoms with E-state index in [1.165, 1.54) is 0 Å². The van der Waals surface area contributed by atoms with Crippen LogP contribution in [-0.2, 0) is 27.9 Å². The summed E-state index contributed by atoms with van der Waals surface area (Å²) >= 11 is 0. The number of carbonyl (C=O) groups excluding carboxylic acids is 1. The van der Waals surface area contributed by atoms with Crippen molar-refractivity contribution in [2.24, 2.45) is 5.92 Å². The number of cyclic esters (lactones) is 1. The van der Waals surface area contributed by atoms with Crippen molar-refractivity contribution in [1.82, 2.24) is 0 Å². The molecule has 0 spiro atoms. The van der Waals surface area contributed by atoms with E-state index < -0.39 is 31.1 Å². The van der Waals surface area contributed by atoms with Gasteiger partial charge in [-0.2, -0.15) is 0 Å². The molecule has 1 fully saturated rings. The molecule has 0 aliphatic carbocycles. The van der Waals surface area contributed by atoms with E-state index in [0.717, 1.165) is 0 Å². The van der Waals surface area contributed by atoms with Gasteiger partial charge in [-0.15, -0.1) is 0 Å². The Bertz CT molecular complexity index is 382. The van der Waals surface area contributed by atoms with Gasteiger partial charge in [-0.1, -0.05) is 13.8 Å². The fourth-order valence-corrected chi connectivity index (χ4v) is 4.41. The van der Waals surface area contributed by atoms with Crippen LogP contribution in [-0.4, -0.2) is 36.7 Å². The van der Waals surface area contributed by atoms with Gasteiger partial charge in [0.25, 0.3) is 0 Å².